The Morgan fingerprint density at radius 3 is 2.84 bits per heavy atom. The van der Waals surface area contributed by atoms with E-state index in [1.54, 1.807) is 12.1 Å². The molecule has 0 spiro atoms. The van der Waals surface area contributed by atoms with E-state index in [2.05, 4.69) is 5.32 Å². The van der Waals surface area contributed by atoms with Gasteiger partial charge in [0.15, 0.2) is 9.84 Å². The molecule has 1 amide bonds. The zero-order valence-corrected chi connectivity index (χ0v) is 11.7. The average molecular weight is 282 g/mol. The van der Waals surface area contributed by atoms with Crippen molar-refractivity contribution in [3.63, 3.8) is 0 Å². The standard InChI is InChI=1S/C13H18N2O3S/c1-9-4-2-6-11(12(9)14)13(16)15-8-10-5-3-7-19(10,17)18/h2,4,6,10H,3,5,7-8,14H2,1H3,(H,15,16). The van der Waals surface area contributed by atoms with E-state index >= 15 is 0 Å². The van der Waals surface area contributed by atoms with Crippen molar-refractivity contribution in [1.82, 2.24) is 5.32 Å². The van der Waals surface area contributed by atoms with E-state index in [1.807, 2.05) is 13.0 Å². The van der Waals surface area contributed by atoms with Gasteiger partial charge in [-0.3, -0.25) is 4.79 Å². The second kappa shape index (κ2) is 5.21. The zero-order chi connectivity index (χ0) is 14.0. The third-order valence-corrected chi connectivity index (χ3v) is 5.80. The van der Waals surface area contributed by atoms with Crippen LogP contribution in [0.25, 0.3) is 0 Å². The molecule has 1 aliphatic rings. The molecule has 19 heavy (non-hydrogen) atoms. The number of benzene rings is 1. The predicted octanol–water partition coefficient (Wildman–Crippen LogP) is 0.884. The van der Waals surface area contributed by atoms with Crippen LogP contribution in [0.2, 0.25) is 0 Å². The Kier molecular flexibility index (Phi) is 3.80. The molecule has 3 N–H and O–H groups in total. The second-order valence-corrected chi connectivity index (χ2v) is 7.28. The van der Waals surface area contributed by atoms with Gasteiger partial charge in [0, 0.05) is 12.2 Å². The second-order valence-electron chi connectivity index (χ2n) is 4.88. The molecular weight excluding hydrogens is 264 g/mol. The molecule has 1 heterocycles. The van der Waals surface area contributed by atoms with Crippen LogP contribution in [0.1, 0.15) is 28.8 Å². The van der Waals surface area contributed by atoms with Crippen LogP contribution in [-0.4, -0.2) is 31.9 Å². The third kappa shape index (κ3) is 2.89. The number of amides is 1. The lowest BCUT2D eigenvalue weighted by Gasteiger charge is -2.12. The molecule has 1 aromatic rings. The van der Waals surface area contributed by atoms with Crippen LogP contribution in [0, 0.1) is 6.92 Å². The molecule has 2 rings (SSSR count). The summed E-state index contributed by atoms with van der Waals surface area (Å²) in [6.45, 7) is 1.99. The fourth-order valence-electron chi connectivity index (χ4n) is 2.27. The minimum Gasteiger partial charge on any atom is -0.398 e. The van der Waals surface area contributed by atoms with Crippen LogP contribution in [0.4, 0.5) is 5.69 Å². The summed E-state index contributed by atoms with van der Waals surface area (Å²) in [6, 6.07) is 5.22. The lowest BCUT2D eigenvalue weighted by atomic mass is 10.1. The molecule has 0 aliphatic carbocycles. The maximum absolute atomic E-state index is 12.0. The highest BCUT2D eigenvalue weighted by Gasteiger charge is 2.31. The van der Waals surface area contributed by atoms with Crippen molar-refractivity contribution in [2.24, 2.45) is 0 Å². The van der Waals surface area contributed by atoms with Crippen LogP contribution in [0.15, 0.2) is 18.2 Å². The molecule has 1 aromatic carbocycles. The molecule has 5 nitrogen and oxygen atoms in total. The quantitative estimate of drug-likeness (QED) is 0.806. The van der Waals surface area contributed by atoms with Gasteiger partial charge in [-0.15, -0.1) is 0 Å². The Bertz CT molecular complexity index is 596. The number of nitrogens with one attached hydrogen (secondary N) is 1. The molecule has 1 unspecified atom stereocenters. The van der Waals surface area contributed by atoms with Gasteiger partial charge in [0.1, 0.15) is 0 Å². The number of carbonyl (C=O) groups is 1. The van der Waals surface area contributed by atoms with E-state index in [0.717, 1.165) is 5.56 Å². The van der Waals surface area contributed by atoms with Crippen LogP contribution in [-0.2, 0) is 9.84 Å². The largest absolute Gasteiger partial charge is 0.398 e. The maximum atomic E-state index is 12.0. The van der Waals surface area contributed by atoms with Crippen molar-refractivity contribution in [3.8, 4) is 0 Å². The molecule has 104 valence electrons. The van der Waals surface area contributed by atoms with Gasteiger partial charge in [-0.1, -0.05) is 12.1 Å². The van der Waals surface area contributed by atoms with Crippen molar-refractivity contribution in [2.45, 2.75) is 25.0 Å². The van der Waals surface area contributed by atoms with Crippen LogP contribution in [0.3, 0.4) is 0 Å². The summed E-state index contributed by atoms with van der Waals surface area (Å²) in [5.41, 5.74) is 7.51. The minimum atomic E-state index is -3.03. The van der Waals surface area contributed by atoms with Gasteiger partial charge in [-0.2, -0.15) is 0 Å². The van der Waals surface area contributed by atoms with Gasteiger partial charge >= 0.3 is 0 Å². The van der Waals surface area contributed by atoms with Crippen LogP contribution >= 0.6 is 0 Å². The molecule has 6 heteroatoms. The zero-order valence-electron chi connectivity index (χ0n) is 10.8. The summed E-state index contributed by atoms with van der Waals surface area (Å²) in [4.78, 5) is 12.0. The van der Waals surface area contributed by atoms with E-state index in [4.69, 9.17) is 5.73 Å². The summed E-state index contributed by atoms with van der Waals surface area (Å²) in [6.07, 6.45) is 1.29. The van der Waals surface area contributed by atoms with E-state index in [1.165, 1.54) is 0 Å². The number of nitrogens with two attached hydrogens (primary N) is 1. The topological polar surface area (TPSA) is 89.3 Å². The number of nitrogen functional groups attached to an aromatic ring is 1. The molecule has 0 bridgehead atoms. The summed E-state index contributed by atoms with van der Waals surface area (Å²) in [7, 11) is -3.03. The first-order valence-electron chi connectivity index (χ1n) is 6.26. The number of hydrogen-bond donors (Lipinski definition) is 2. The Morgan fingerprint density at radius 1 is 1.47 bits per heavy atom. The smallest absolute Gasteiger partial charge is 0.253 e. The normalized spacial score (nSPS) is 21.2. The lowest BCUT2D eigenvalue weighted by molar-refractivity contribution is 0.0954. The number of anilines is 1. The number of rotatable bonds is 3. The van der Waals surface area contributed by atoms with Crippen molar-refractivity contribution in [1.29, 1.82) is 0 Å². The summed E-state index contributed by atoms with van der Waals surface area (Å²) >= 11 is 0. The summed E-state index contributed by atoms with van der Waals surface area (Å²) in [5.74, 6) is -0.0940. The van der Waals surface area contributed by atoms with Crippen molar-refractivity contribution < 1.29 is 13.2 Å². The van der Waals surface area contributed by atoms with E-state index < -0.39 is 15.1 Å². The first-order chi connectivity index (χ1) is 8.92. The monoisotopic (exact) mass is 282 g/mol. The Balaban J connectivity index is 2.04. The first-order valence-corrected chi connectivity index (χ1v) is 7.98. The van der Waals surface area contributed by atoms with Crippen molar-refractivity contribution >= 4 is 21.4 Å². The maximum Gasteiger partial charge on any atom is 0.253 e. The summed E-state index contributed by atoms with van der Waals surface area (Å²) < 4.78 is 23.3. The van der Waals surface area contributed by atoms with Gasteiger partial charge in [-0.05, 0) is 31.4 Å². The Hall–Kier alpha value is -1.56. The minimum absolute atomic E-state index is 0.161. The van der Waals surface area contributed by atoms with E-state index in [-0.39, 0.29) is 18.2 Å². The van der Waals surface area contributed by atoms with Gasteiger partial charge < -0.3 is 11.1 Å². The SMILES string of the molecule is Cc1cccc(C(=O)NCC2CCCS2(=O)=O)c1N. The molecular formula is C13H18N2O3S. The number of sulfone groups is 1. The van der Waals surface area contributed by atoms with E-state index in [0.29, 0.717) is 24.1 Å². The summed E-state index contributed by atoms with van der Waals surface area (Å²) in [5, 5.41) is 2.21. The lowest BCUT2D eigenvalue weighted by Crippen LogP contribution is -2.34. The molecule has 0 saturated carbocycles. The molecule has 0 aromatic heterocycles. The number of carbonyl (C=O) groups excluding carboxylic acids is 1. The van der Waals surface area contributed by atoms with Crippen molar-refractivity contribution in [2.75, 3.05) is 18.0 Å². The molecule has 1 aliphatic heterocycles. The first kappa shape index (κ1) is 13.9. The van der Waals surface area contributed by atoms with Gasteiger partial charge in [0.2, 0.25) is 0 Å². The molecule has 0 radical (unpaired) electrons. The highest BCUT2D eigenvalue weighted by Crippen LogP contribution is 2.20. The van der Waals surface area contributed by atoms with Crippen LogP contribution in [0.5, 0.6) is 0 Å². The number of para-hydroxylation sites is 1. The Labute approximate surface area is 113 Å². The molecule has 1 saturated heterocycles. The molecule has 1 fully saturated rings. The van der Waals surface area contributed by atoms with Gasteiger partial charge in [0.25, 0.3) is 5.91 Å². The molecule has 1 atom stereocenters. The van der Waals surface area contributed by atoms with Gasteiger partial charge in [-0.25, -0.2) is 8.42 Å². The van der Waals surface area contributed by atoms with Crippen molar-refractivity contribution in [3.05, 3.63) is 29.3 Å². The van der Waals surface area contributed by atoms with Crippen LogP contribution < -0.4 is 11.1 Å². The number of aryl methyl sites for hydroxylation is 1. The fourth-order valence-corrected chi connectivity index (χ4v) is 4.03. The predicted molar refractivity (Wildman–Crippen MR) is 74.7 cm³/mol. The average Bonchev–Trinajstić information content (AvgIpc) is 2.69. The highest BCUT2D eigenvalue weighted by atomic mass is 32.2. The fraction of sp³-hybridized carbons (Fsp3) is 0.462. The highest BCUT2D eigenvalue weighted by molar-refractivity contribution is 7.92. The Morgan fingerprint density at radius 2 is 2.21 bits per heavy atom. The third-order valence-electron chi connectivity index (χ3n) is 3.52. The van der Waals surface area contributed by atoms with Gasteiger partial charge in [0.05, 0.1) is 16.6 Å². The number of hydrogen-bond acceptors (Lipinski definition) is 4. The van der Waals surface area contributed by atoms with E-state index in [9.17, 15) is 13.2 Å².